The van der Waals surface area contributed by atoms with Crippen molar-refractivity contribution in [2.24, 2.45) is 0 Å². The maximum absolute atomic E-state index is 12.9. The van der Waals surface area contributed by atoms with Crippen LogP contribution in [-0.2, 0) is 18.9 Å². The molecule has 8 nitrogen and oxygen atoms in total. The van der Waals surface area contributed by atoms with Crippen LogP contribution in [0.15, 0.2) is 97.1 Å². The molecule has 0 aliphatic rings. The predicted octanol–water partition coefficient (Wildman–Crippen LogP) is 6.50. The van der Waals surface area contributed by atoms with Crippen molar-refractivity contribution < 1.29 is 38.1 Å². The summed E-state index contributed by atoms with van der Waals surface area (Å²) in [5, 5.41) is 1.01. The van der Waals surface area contributed by atoms with Gasteiger partial charge in [-0.05, 0) is 60.7 Å². The van der Waals surface area contributed by atoms with Gasteiger partial charge in [-0.2, -0.15) is 0 Å². The van der Waals surface area contributed by atoms with Crippen molar-refractivity contribution in [3.63, 3.8) is 0 Å². The van der Waals surface area contributed by atoms with Crippen LogP contribution in [0.25, 0.3) is 0 Å². The molecule has 0 aliphatic carbocycles. The van der Waals surface area contributed by atoms with E-state index in [-0.39, 0.29) is 73.5 Å². The molecule has 0 atom stereocenters. The van der Waals surface area contributed by atoms with E-state index in [1.165, 1.54) is 12.1 Å². The fourth-order valence-corrected chi connectivity index (χ4v) is 4.35. The average Bonchev–Trinajstić information content (AvgIpc) is 3.05. The van der Waals surface area contributed by atoms with Crippen LogP contribution in [0.4, 0.5) is 0 Å². The summed E-state index contributed by atoms with van der Waals surface area (Å²) in [5.41, 5.74) is 1.58. The summed E-state index contributed by atoms with van der Waals surface area (Å²) in [7, 11) is 0. The monoisotopic (exact) mass is 634 g/mol. The zero-order chi connectivity index (χ0) is 31.3. The highest BCUT2D eigenvalue weighted by Gasteiger charge is 2.20. The lowest BCUT2D eigenvalue weighted by molar-refractivity contribution is 0.00225. The SMILES string of the molecule is O=C(OCCOCCOCCOC(=O)c1ccccc1C(=O)c1ccc(Cl)cc1)c1ccccc1C(=O)c1ccc(Cl)cc1. The molecule has 0 saturated carbocycles. The molecule has 10 heteroatoms. The van der Waals surface area contributed by atoms with Crippen LogP contribution in [-0.4, -0.2) is 63.1 Å². The first-order chi connectivity index (χ1) is 21.3. The summed E-state index contributed by atoms with van der Waals surface area (Å²) in [6.45, 7) is 0.638. The Balaban J connectivity index is 1.13. The van der Waals surface area contributed by atoms with Crippen molar-refractivity contribution in [1.82, 2.24) is 0 Å². The Morgan fingerprint density at radius 2 is 0.750 bits per heavy atom. The summed E-state index contributed by atoms with van der Waals surface area (Å²) in [6, 6.07) is 25.7. The largest absolute Gasteiger partial charge is 0.460 e. The number of carbonyl (C=O) groups excluding carboxylic acids is 4. The van der Waals surface area contributed by atoms with Crippen molar-refractivity contribution in [3.8, 4) is 0 Å². The Morgan fingerprint density at radius 3 is 1.11 bits per heavy atom. The van der Waals surface area contributed by atoms with Crippen molar-refractivity contribution in [2.45, 2.75) is 0 Å². The van der Waals surface area contributed by atoms with E-state index in [2.05, 4.69) is 0 Å². The van der Waals surface area contributed by atoms with Gasteiger partial charge in [0.05, 0.1) is 37.6 Å². The maximum Gasteiger partial charge on any atom is 0.338 e. The van der Waals surface area contributed by atoms with Gasteiger partial charge in [0.25, 0.3) is 0 Å². The number of carbonyl (C=O) groups is 4. The van der Waals surface area contributed by atoms with E-state index in [0.717, 1.165) is 0 Å². The molecule has 226 valence electrons. The number of ether oxygens (including phenoxy) is 4. The normalized spacial score (nSPS) is 10.7. The van der Waals surface area contributed by atoms with Crippen LogP contribution < -0.4 is 0 Å². The minimum atomic E-state index is -0.638. The second kappa shape index (κ2) is 16.5. The number of esters is 2. The third-order valence-corrected chi connectivity index (χ3v) is 6.79. The molecular weight excluding hydrogens is 607 g/mol. The second-order valence-electron chi connectivity index (χ2n) is 9.26. The van der Waals surface area contributed by atoms with Crippen molar-refractivity contribution in [1.29, 1.82) is 0 Å². The van der Waals surface area contributed by atoms with Crippen LogP contribution in [0.3, 0.4) is 0 Å². The number of hydrogen-bond donors (Lipinski definition) is 0. The van der Waals surface area contributed by atoms with Crippen LogP contribution in [0.5, 0.6) is 0 Å². The zero-order valence-corrected chi connectivity index (χ0v) is 25.0. The molecule has 0 fully saturated rings. The molecule has 0 amide bonds. The molecule has 4 aromatic carbocycles. The summed E-state index contributed by atoms with van der Waals surface area (Å²) < 4.78 is 21.4. The van der Waals surface area contributed by atoms with Gasteiger partial charge >= 0.3 is 11.9 Å². The van der Waals surface area contributed by atoms with Crippen LogP contribution in [0, 0.1) is 0 Å². The van der Waals surface area contributed by atoms with Crippen molar-refractivity contribution in [2.75, 3.05) is 39.6 Å². The van der Waals surface area contributed by atoms with Crippen LogP contribution in [0.1, 0.15) is 52.6 Å². The Kier molecular flexibility index (Phi) is 12.2. The molecule has 0 spiro atoms. The van der Waals surface area contributed by atoms with Gasteiger partial charge in [0, 0.05) is 32.3 Å². The van der Waals surface area contributed by atoms with Crippen molar-refractivity contribution in [3.05, 3.63) is 140 Å². The number of ketones is 2. The first-order valence-corrected chi connectivity index (χ1v) is 14.4. The van der Waals surface area contributed by atoms with E-state index < -0.39 is 11.9 Å². The van der Waals surface area contributed by atoms with Gasteiger partial charge in [-0.1, -0.05) is 59.6 Å². The third kappa shape index (κ3) is 9.08. The molecule has 0 radical (unpaired) electrons. The molecule has 0 heterocycles. The fraction of sp³-hybridized carbons (Fsp3) is 0.176. The van der Waals surface area contributed by atoms with Gasteiger partial charge in [0.15, 0.2) is 11.6 Å². The first kappa shape index (κ1) is 32.6. The van der Waals surface area contributed by atoms with Gasteiger partial charge in [0.2, 0.25) is 0 Å². The molecule has 4 aromatic rings. The highest BCUT2D eigenvalue weighted by atomic mass is 35.5. The minimum absolute atomic E-state index is 0.0198. The summed E-state index contributed by atoms with van der Waals surface area (Å²) in [5.74, 6) is -1.91. The first-order valence-electron chi connectivity index (χ1n) is 13.6. The standard InChI is InChI=1S/C34H28Cl2O8/c35-25-13-9-23(10-14-25)31(37)27-5-1-3-7-29(27)33(39)43-21-19-41-17-18-42-20-22-44-34(40)30-8-4-2-6-28(30)32(38)24-11-15-26(36)16-12-24/h1-16H,17-22H2. The maximum atomic E-state index is 12.9. The number of benzene rings is 4. The molecule has 4 rings (SSSR count). The Hall–Kier alpha value is -4.34. The molecule has 0 aromatic heterocycles. The van der Waals surface area contributed by atoms with E-state index in [4.69, 9.17) is 42.1 Å². The number of hydrogen-bond acceptors (Lipinski definition) is 8. The van der Waals surface area contributed by atoms with Gasteiger partial charge < -0.3 is 18.9 Å². The quantitative estimate of drug-likeness (QED) is 0.0828. The van der Waals surface area contributed by atoms with Gasteiger partial charge in [0.1, 0.15) is 13.2 Å². The number of halogens is 2. The van der Waals surface area contributed by atoms with E-state index in [1.54, 1.807) is 84.9 Å². The van der Waals surface area contributed by atoms with Crippen LogP contribution in [0.2, 0.25) is 10.0 Å². The topological polar surface area (TPSA) is 105 Å². The minimum Gasteiger partial charge on any atom is -0.460 e. The predicted molar refractivity (Wildman–Crippen MR) is 165 cm³/mol. The van der Waals surface area contributed by atoms with E-state index in [9.17, 15) is 19.2 Å². The lowest BCUT2D eigenvalue weighted by Gasteiger charge is -2.11. The molecule has 0 unspecified atom stereocenters. The van der Waals surface area contributed by atoms with E-state index in [0.29, 0.717) is 21.2 Å². The highest BCUT2D eigenvalue weighted by molar-refractivity contribution is 6.31. The lowest BCUT2D eigenvalue weighted by atomic mass is 9.98. The zero-order valence-electron chi connectivity index (χ0n) is 23.5. The summed E-state index contributed by atoms with van der Waals surface area (Å²) >= 11 is 11.8. The molecule has 0 N–H and O–H groups in total. The lowest BCUT2D eigenvalue weighted by Crippen LogP contribution is -2.17. The average molecular weight is 635 g/mol. The second-order valence-corrected chi connectivity index (χ2v) is 10.1. The van der Waals surface area contributed by atoms with Gasteiger partial charge in [-0.15, -0.1) is 0 Å². The molecule has 0 aliphatic heterocycles. The molecule has 44 heavy (non-hydrogen) atoms. The van der Waals surface area contributed by atoms with Gasteiger partial charge in [-0.25, -0.2) is 9.59 Å². The van der Waals surface area contributed by atoms with Crippen molar-refractivity contribution >= 4 is 46.7 Å². The van der Waals surface area contributed by atoms with Gasteiger partial charge in [-0.3, -0.25) is 9.59 Å². The summed E-state index contributed by atoms with van der Waals surface area (Å²) in [6.07, 6.45) is 0. The smallest absolute Gasteiger partial charge is 0.338 e. The fourth-order valence-electron chi connectivity index (χ4n) is 4.10. The molecule has 0 saturated heterocycles. The summed E-state index contributed by atoms with van der Waals surface area (Å²) in [4.78, 5) is 51.0. The Labute approximate surface area is 264 Å². The molecule has 0 bridgehead atoms. The Bertz CT molecular complexity index is 1480. The van der Waals surface area contributed by atoms with E-state index >= 15 is 0 Å². The third-order valence-electron chi connectivity index (χ3n) is 6.29. The number of rotatable bonds is 15. The Morgan fingerprint density at radius 1 is 0.432 bits per heavy atom. The molecular formula is C34H28Cl2O8. The van der Waals surface area contributed by atoms with E-state index in [1.807, 2.05) is 0 Å². The highest BCUT2D eigenvalue weighted by Crippen LogP contribution is 2.19. The van der Waals surface area contributed by atoms with Crippen LogP contribution >= 0.6 is 23.2 Å².